The monoisotopic (exact) mass is 411 g/mol. The van der Waals surface area contributed by atoms with Gasteiger partial charge in [0.2, 0.25) is 5.88 Å². The second kappa shape index (κ2) is 8.87. The van der Waals surface area contributed by atoms with E-state index in [0.717, 1.165) is 12.1 Å². The van der Waals surface area contributed by atoms with Crippen molar-refractivity contribution in [2.75, 3.05) is 26.8 Å². The second-order valence-electron chi connectivity index (χ2n) is 5.84. The minimum absolute atomic E-state index is 0.0135. The fourth-order valence-electron chi connectivity index (χ4n) is 2.62. The summed E-state index contributed by atoms with van der Waals surface area (Å²) in [5.74, 6) is -1.08. The lowest BCUT2D eigenvalue weighted by Gasteiger charge is -2.18. The molecule has 0 radical (unpaired) electrons. The fourth-order valence-corrected chi connectivity index (χ4v) is 3.90. The van der Waals surface area contributed by atoms with E-state index in [4.69, 9.17) is 9.47 Å². The quantitative estimate of drug-likeness (QED) is 0.690. The number of carbonyl (C=O) groups excluding carboxylic acids is 1. The van der Waals surface area contributed by atoms with E-state index in [-0.39, 0.29) is 40.3 Å². The van der Waals surface area contributed by atoms with Crippen molar-refractivity contribution in [2.45, 2.75) is 18.7 Å². The Labute approximate surface area is 163 Å². The van der Waals surface area contributed by atoms with Crippen molar-refractivity contribution in [2.24, 2.45) is 4.99 Å². The zero-order valence-electron chi connectivity index (χ0n) is 15.9. The molecule has 0 saturated carbocycles. The van der Waals surface area contributed by atoms with Crippen LogP contribution < -0.4 is 9.46 Å². The number of benzene rings is 1. The molecule has 1 aliphatic heterocycles. The van der Waals surface area contributed by atoms with Gasteiger partial charge in [0.25, 0.3) is 15.9 Å². The summed E-state index contributed by atoms with van der Waals surface area (Å²) in [6, 6.07) is 3.16. The highest BCUT2D eigenvalue weighted by Gasteiger charge is 2.25. The van der Waals surface area contributed by atoms with Crippen molar-refractivity contribution >= 4 is 22.6 Å². The summed E-state index contributed by atoms with van der Waals surface area (Å²) in [5.41, 5.74) is 0.179. The van der Waals surface area contributed by atoms with Crippen LogP contribution in [0.4, 0.5) is 4.39 Å². The summed E-state index contributed by atoms with van der Waals surface area (Å²) in [5, 5.41) is 0. The van der Waals surface area contributed by atoms with E-state index < -0.39 is 15.8 Å². The average molecular weight is 411 g/mol. The van der Waals surface area contributed by atoms with Gasteiger partial charge in [-0.05, 0) is 44.8 Å². The van der Waals surface area contributed by atoms with E-state index in [2.05, 4.69) is 16.4 Å². The zero-order chi connectivity index (χ0) is 20.9. The standard InChI is InChI=1S/C18H22FN3O5S/c1-5-22-8-9-27-17(20-3)14(18(22)23)10-12(2)21-28(24,25)16-11-13(19)6-7-15(16)26-4/h6-7,10-11,21H,3,5,8-9H2,1-2,4H3/b12-10+. The number of likely N-dealkylation sites (N-methyl/N-ethyl adjacent to an activating group) is 1. The summed E-state index contributed by atoms with van der Waals surface area (Å²) in [4.78, 5) is 17.6. The topological polar surface area (TPSA) is 97.3 Å². The number of ether oxygens (including phenoxy) is 2. The first kappa shape index (κ1) is 21.4. The third-order valence-electron chi connectivity index (χ3n) is 3.94. The number of sulfonamides is 1. The number of nitrogens with one attached hydrogen (secondary N) is 1. The van der Waals surface area contributed by atoms with Crippen LogP contribution in [0, 0.1) is 5.82 Å². The maximum Gasteiger partial charge on any atom is 0.265 e. The van der Waals surface area contributed by atoms with E-state index >= 15 is 0 Å². The van der Waals surface area contributed by atoms with E-state index in [1.807, 2.05) is 6.92 Å². The highest BCUT2D eigenvalue weighted by atomic mass is 32.2. The van der Waals surface area contributed by atoms with Crippen LogP contribution in [0.3, 0.4) is 0 Å². The minimum atomic E-state index is -4.16. The van der Waals surface area contributed by atoms with E-state index in [1.165, 1.54) is 26.2 Å². The van der Waals surface area contributed by atoms with Gasteiger partial charge in [0, 0.05) is 12.2 Å². The van der Waals surface area contributed by atoms with Crippen LogP contribution in [-0.4, -0.2) is 52.7 Å². The summed E-state index contributed by atoms with van der Waals surface area (Å²) in [7, 11) is -2.88. The number of allylic oxidation sites excluding steroid dienone is 1. The number of hydrogen-bond acceptors (Lipinski definition) is 6. The van der Waals surface area contributed by atoms with Gasteiger partial charge in [-0.3, -0.25) is 9.52 Å². The molecule has 2 rings (SSSR count). The Hall–Kier alpha value is -2.88. The Morgan fingerprint density at radius 2 is 2.21 bits per heavy atom. The van der Waals surface area contributed by atoms with Crippen molar-refractivity contribution in [3.8, 4) is 5.75 Å². The molecule has 0 aliphatic carbocycles. The summed E-state index contributed by atoms with van der Waals surface area (Å²) in [6.45, 7) is 7.73. The highest BCUT2D eigenvalue weighted by Crippen LogP contribution is 2.25. The van der Waals surface area contributed by atoms with Crippen molar-refractivity contribution < 1.29 is 27.1 Å². The first-order valence-corrected chi connectivity index (χ1v) is 9.89. The van der Waals surface area contributed by atoms with Gasteiger partial charge in [-0.25, -0.2) is 17.8 Å². The SMILES string of the molecule is C=NC1=C(/C=C(\C)NS(=O)(=O)c2cc(F)ccc2OC)C(=O)N(CC)CCO1. The maximum absolute atomic E-state index is 13.5. The minimum Gasteiger partial charge on any atom is -0.495 e. The Morgan fingerprint density at radius 3 is 2.82 bits per heavy atom. The molecule has 1 aromatic carbocycles. The van der Waals surface area contributed by atoms with Gasteiger partial charge in [0.1, 0.15) is 28.6 Å². The molecule has 0 atom stereocenters. The number of amides is 1. The second-order valence-corrected chi connectivity index (χ2v) is 7.49. The summed E-state index contributed by atoms with van der Waals surface area (Å²) < 4.78 is 51.6. The number of carbonyl (C=O) groups is 1. The van der Waals surface area contributed by atoms with Gasteiger partial charge in [-0.2, -0.15) is 0 Å². The van der Waals surface area contributed by atoms with Crippen LogP contribution in [0.25, 0.3) is 0 Å². The summed E-state index contributed by atoms with van der Waals surface area (Å²) in [6.07, 6.45) is 1.31. The van der Waals surface area contributed by atoms with Gasteiger partial charge in [0.05, 0.1) is 13.7 Å². The van der Waals surface area contributed by atoms with Crippen LogP contribution in [0.15, 0.2) is 51.3 Å². The van der Waals surface area contributed by atoms with Gasteiger partial charge >= 0.3 is 0 Å². The molecule has 152 valence electrons. The molecule has 1 heterocycles. The van der Waals surface area contributed by atoms with Crippen molar-refractivity contribution in [1.29, 1.82) is 0 Å². The maximum atomic E-state index is 13.5. The first-order chi connectivity index (χ1) is 13.2. The fraction of sp³-hybridized carbons (Fsp3) is 0.333. The van der Waals surface area contributed by atoms with Crippen LogP contribution in [0.1, 0.15) is 13.8 Å². The molecule has 0 fully saturated rings. The smallest absolute Gasteiger partial charge is 0.265 e. The Kier molecular flexibility index (Phi) is 6.79. The lowest BCUT2D eigenvalue weighted by molar-refractivity contribution is -0.126. The van der Waals surface area contributed by atoms with Crippen molar-refractivity contribution in [1.82, 2.24) is 9.62 Å². The van der Waals surface area contributed by atoms with Gasteiger partial charge in [-0.15, -0.1) is 0 Å². The van der Waals surface area contributed by atoms with Crippen LogP contribution in [0.5, 0.6) is 5.75 Å². The lowest BCUT2D eigenvalue weighted by atomic mass is 10.2. The number of halogens is 1. The molecule has 1 amide bonds. The predicted molar refractivity (Wildman–Crippen MR) is 102 cm³/mol. The molecule has 1 N–H and O–H groups in total. The van der Waals surface area contributed by atoms with Crippen LogP contribution >= 0.6 is 0 Å². The molecular weight excluding hydrogens is 389 g/mol. The van der Waals surface area contributed by atoms with Crippen LogP contribution in [-0.2, 0) is 19.6 Å². The number of rotatable bonds is 7. The van der Waals surface area contributed by atoms with E-state index in [9.17, 15) is 17.6 Å². The predicted octanol–water partition coefficient (Wildman–Crippen LogP) is 1.81. The third-order valence-corrected chi connectivity index (χ3v) is 5.43. The van der Waals surface area contributed by atoms with Crippen molar-refractivity contribution in [3.63, 3.8) is 0 Å². The molecule has 28 heavy (non-hydrogen) atoms. The number of methoxy groups -OCH3 is 1. The Bertz CT molecular complexity index is 941. The zero-order valence-corrected chi connectivity index (χ0v) is 16.7. The molecule has 1 aliphatic rings. The Balaban J connectivity index is 2.41. The molecule has 1 aromatic rings. The average Bonchev–Trinajstić information content (AvgIpc) is 2.80. The van der Waals surface area contributed by atoms with Gasteiger partial charge in [0.15, 0.2) is 0 Å². The third kappa shape index (κ3) is 4.69. The Morgan fingerprint density at radius 1 is 1.50 bits per heavy atom. The number of nitrogens with zero attached hydrogens (tertiary/aromatic N) is 2. The molecule has 0 spiro atoms. The van der Waals surface area contributed by atoms with E-state index in [1.54, 1.807) is 4.90 Å². The molecule has 10 heteroatoms. The largest absolute Gasteiger partial charge is 0.495 e. The number of hydrogen-bond donors (Lipinski definition) is 1. The molecule has 0 bridgehead atoms. The first-order valence-electron chi connectivity index (χ1n) is 8.41. The number of aliphatic imine (C=N–C) groups is 1. The van der Waals surface area contributed by atoms with Gasteiger partial charge in [-0.1, -0.05) is 0 Å². The van der Waals surface area contributed by atoms with E-state index in [0.29, 0.717) is 13.1 Å². The van der Waals surface area contributed by atoms with Crippen molar-refractivity contribution in [3.05, 3.63) is 47.2 Å². The lowest BCUT2D eigenvalue weighted by Crippen LogP contribution is -2.33. The van der Waals surface area contributed by atoms with Gasteiger partial charge < -0.3 is 14.4 Å². The van der Waals surface area contributed by atoms with Crippen LogP contribution in [0.2, 0.25) is 0 Å². The summed E-state index contributed by atoms with van der Waals surface area (Å²) >= 11 is 0. The molecule has 0 unspecified atom stereocenters. The normalized spacial score (nSPS) is 15.8. The molecular formula is C18H22FN3O5S. The highest BCUT2D eigenvalue weighted by molar-refractivity contribution is 7.89. The molecule has 8 nitrogen and oxygen atoms in total. The molecule has 0 aromatic heterocycles. The molecule has 0 saturated heterocycles.